The maximum Gasteiger partial charge on any atom is 0.254 e. The van der Waals surface area contributed by atoms with Crippen molar-refractivity contribution < 1.29 is 13.2 Å². The molecule has 0 saturated carbocycles. The number of amides is 1. The van der Waals surface area contributed by atoms with Crippen LogP contribution in [0, 0.1) is 0 Å². The van der Waals surface area contributed by atoms with Crippen molar-refractivity contribution in [3.63, 3.8) is 0 Å². The first kappa shape index (κ1) is 19.8. The van der Waals surface area contributed by atoms with E-state index in [9.17, 15) is 13.2 Å². The highest BCUT2D eigenvalue weighted by molar-refractivity contribution is 7.89. The summed E-state index contributed by atoms with van der Waals surface area (Å²) in [6, 6.07) is 18.2. The van der Waals surface area contributed by atoms with Crippen LogP contribution in [0.1, 0.15) is 32.4 Å². The van der Waals surface area contributed by atoms with Crippen LogP contribution in [0.3, 0.4) is 0 Å². The lowest BCUT2D eigenvalue weighted by atomic mass is 9.92. The van der Waals surface area contributed by atoms with Crippen molar-refractivity contribution >= 4 is 27.3 Å². The molecule has 2 aromatic carbocycles. The molecule has 0 saturated heterocycles. The van der Waals surface area contributed by atoms with Gasteiger partial charge in [-0.2, -0.15) is 0 Å². The third-order valence-corrected chi connectivity index (χ3v) is 8.01. The minimum atomic E-state index is -3.60. The lowest BCUT2D eigenvalue weighted by molar-refractivity contribution is 0.0696. The molecule has 1 atom stereocenters. The normalized spacial score (nSPS) is 16.7. The average molecular weight is 427 g/mol. The van der Waals surface area contributed by atoms with Crippen LogP contribution < -0.4 is 0 Å². The van der Waals surface area contributed by atoms with E-state index in [-0.39, 0.29) is 16.8 Å². The summed E-state index contributed by atoms with van der Waals surface area (Å²) >= 11 is 1.72. The zero-order valence-electron chi connectivity index (χ0n) is 16.3. The minimum absolute atomic E-state index is 0.123. The molecule has 0 unspecified atom stereocenters. The zero-order chi connectivity index (χ0) is 20.6. The molecule has 0 N–H and O–H groups in total. The van der Waals surface area contributed by atoms with Crippen molar-refractivity contribution in [1.82, 2.24) is 9.21 Å². The van der Waals surface area contributed by atoms with E-state index in [1.165, 1.54) is 31.1 Å². The third-order valence-electron chi connectivity index (χ3n) is 5.20. The Bertz CT molecular complexity index is 1140. The number of hydrogen-bond donors (Lipinski definition) is 0. The van der Waals surface area contributed by atoms with Gasteiger partial charge in [0.05, 0.1) is 10.9 Å². The Kier molecular flexibility index (Phi) is 5.29. The molecule has 5 nitrogen and oxygen atoms in total. The SMILES string of the molecule is CN(C)S(=O)(=O)c1cccc(C(=O)N2CCc3sccc3[C@@H]2c2ccccc2)c1. The van der Waals surface area contributed by atoms with Crippen LogP contribution in [0.25, 0.3) is 0 Å². The molecule has 29 heavy (non-hydrogen) atoms. The number of sulfonamides is 1. The molecule has 0 fully saturated rings. The van der Waals surface area contributed by atoms with Crippen molar-refractivity contribution in [3.8, 4) is 0 Å². The first-order valence-electron chi connectivity index (χ1n) is 9.34. The Morgan fingerprint density at radius 3 is 2.55 bits per heavy atom. The first-order valence-corrected chi connectivity index (χ1v) is 11.7. The van der Waals surface area contributed by atoms with Gasteiger partial charge in [0.2, 0.25) is 10.0 Å². The maximum absolute atomic E-state index is 13.5. The predicted molar refractivity (Wildman–Crippen MR) is 115 cm³/mol. The number of carbonyl (C=O) groups is 1. The Balaban J connectivity index is 1.75. The Labute approximate surface area is 175 Å². The minimum Gasteiger partial charge on any atom is -0.327 e. The maximum atomic E-state index is 13.5. The molecule has 1 amide bonds. The van der Waals surface area contributed by atoms with Crippen molar-refractivity contribution in [2.45, 2.75) is 17.4 Å². The quantitative estimate of drug-likeness (QED) is 0.638. The largest absolute Gasteiger partial charge is 0.327 e. The van der Waals surface area contributed by atoms with Gasteiger partial charge >= 0.3 is 0 Å². The molecule has 1 aliphatic rings. The highest BCUT2D eigenvalue weighted by Gasteiger charge is 2.33. The second kappa shape index (κ2) is 7.74. The van der Waals surface area contributed by atoms with Crippen LogP contribution in [0.2, 0.25) is 0 Å². The van der Waals surface area contributed by atoms with E-state index in [1.54, 1.807) is 23.5 Å². The van der Waals surface area contributed by atoms with Crippen LogP contribution in [-0.4, -0.2) is 44.2 Å². The van der Waals surface area contributed by atoms with Gasteiger partial charge < -0.3 is 4.90 Å². The molecule has 0 bridgehead atoms. The fourth-order valence-corrected chi connectivity index (χ4v) is 5.55. The summed E-state index contributed by atoms with van der Waals surface area (Å²) in [5.41, 5.74) is 2.59. The standard InChI is InChI=1S/C22H22N2O3S2/c1-23(2)29(26,27)18-10-6-9-17(15-18)22(25)24-13-11-20-19(12-14-28-20)21(24)16-7-4-3-5-8-16/h3-10,12,14-15,21H,11,13H2,1-2H3/t21-/m0/s1. The van der Waals surface area contributed by atoms with E-state index >= 15 is 0 Å². The molecule has 150 valence electrons. The van der Waals surface area contributed by atoms with Crippen LogP contribution >= 0.6 is 11.3 Å². The number of fused-ring (bicyclic) bond motifs is 1. The number of hydrogen-bond acceptors (Lipinski definition) is 4. The zero-order valence-corrected chi connectivity index (χ0v) is 17.9. The van der Waals surface area contributed by atoms with Crippen molar-refractivity contribution in [3.05, 3.63) is 87.6 Å². The highest BCUT2D eigenvalue weighted by atomic mass is 32.2. The van der Waals surface area contributed by atoms with Gasteiger partial charge in [-0.15, -0.1) is 11.3 Å². The van der Waals surface area contributed by atoms with E-state index < -0.39 is 10.0 Å². The third kappa shape index (κ3) is 3.61. The van der Waals surface area contributed by atoms with Gasteiger partial charge in [0.15, 0.2) is 0 Å². The van der Waals surface area contributed by atoms with Crippen LogP contribution in [0.4, 0.5) is 0 Å². The van der Waals surface area contributed by atoms with Crippen LogP contribution in [0.5, 0.6) is 0 Å². The van der Waals surface area contributed by atoms with E-state index in [1.807, 2.05) is 35.2 Å². The summed E-state index contributed by atoms with van der Waals surface area (Å²) in [5.74, 6) is -0.161. The second-order valence-electron chi connectivity index (χ2n) is 7.18. The summed E-state index contributed by atoms with van der Waals surface area (Å²) in [6.45, 7) is 0.594. The van der Waals surface area contributed by atoms with Crippen LogP contribution in [-0.2, 0) is 16.4 Å². The Hall–Kier alpha value is -2.48. The van der Waals surface area contributed by atoms with Gasteiger partial charge in [-0.3, -0.25) is 4.79 Å². The number of benzene rings is 2. The molecule has 1 aromatic heterocycles. The summed E-state index contributed by atoms with van der Waals surface area (Å²) in [6.07, 6.45) is 0.803. The topological polar surface area (TPSA) is 57.7 Å². The fraction of sp³-hybridized carbons (Fsp3) is 0.227. The lowest BCUT2D eigenvalue weighted by Crippen LogP contribution is -2.40. The monoisotopic (exact) mass is 426 g/mol. The van der Waals surface area contributed by atoms with Crippen molar-refractivity contribution in [2.24, 2.45) is 0 Å². The van der Waals surface area contributed by atoms with Gasteiger partial charge in [-0.1, -0.05) is 36.4 Å². The van der Waals surface area contributed by atoms with Gasteiger partial charge in [0, 0.05) is 31.1 Å². The fourth-order valence-electron chi connectivity index (χ4n) is 3.70. The summed E-state index contributed by atoms with van der Waals surface area (Å²) in [7, 11) is -0.637. The lowest BCUT2D eigenvalue weighted by Gasteiger charge is -2.36. The van der Waals surface area contributed by atoms with Crippen molar-refractivity contribution in [1.29, 1.82) is 0 Å². The molecule has 0 radical (unpaired) electrons. The predicted octanol–water partition coefficient (Wildman–Crippen LogP) is 3.79. The summed E-state index contributed by atoms with van der Waals surface area (Å²) in [5, 5.41) is 2.07. The molecule has 0 spiro atoms. The molecule has 2 heterocycles. The number of rotatable bonds is 4. The van der Waals surface area contributed by atoms with Crippen LogP contribution in [0.15, 0.2) is 70.9 Å². The summed E-state index contributed by atoms with van der Waals surface area (Å²) in [4.78, 5) is 16.8. The second-order valence-corrected chi connectivity index (χ2v) is 10.3. The Morgan fingerprint density at radius 1 is 1.07 bits per heavy atom. The molecular weight excluding hydrogens is 404 g/mol. The number of carbonyl (C=O) groups excluding carboxylic acids is 1. The Morgan fingerprint density at radius 2 is 1.83 bits per heavy atom. The first-order chi connectivity index (χ1) is 13.9. The number of thiophene rings is 1. The van der Waals surface area contributed by atoms with E-state index in [4.69, 9.17) is 0 Å². The van der Waals surface area contributed by atoms with Gasteiger partial charge in [0.1, 0.15) is 0 Å². The molecule has 3 aromatic rings. The van der Waals surface area contributed by atoms with E-state index in [2.05, 4.69) is 11.4 Å². The molecule has 1 aliphatic heterocycles. The van der Waals surface area contributed by atoms with E-state index in [0.717, 1.165) is 21.9 Å². The van der Waals surface area contributed by atoms with Gasteiger partial charge in [-0.25, -0.2) is 12.7 Å². The smallest absolute Gasteiger partial charge is 0.254 e. The highest BCUT2D eigenvalue weighted by Crippen LogP contribution is 2.38. The number of nitrogens with zero attached hydrogens (tertiary/aromatic N) is 2. The van der Waals surface area contributed by atoms with E-state index in [0.29, 0.717) is 12.1 Å². The molecular formula is C22H22N2O3S2. The van der Waals surface area contributed by atoms with Gasteiger partial charge in [0.25, 0.3) is 5.91 Å². The summed E-state index contributed by atoms with van der Waals surface area (Å²) < 4.78 is 26.2. The average Bonchev–Trinajstić information content (AvgIpc) is 3.22. The molecule has 0 aliphatic carbocycles. The molecule has 4 rings (SSSR count). The van der Waals surface area contributed by atoms with Crippen molar-refractivity contribution in [2.75, 3.05) is 20.6 Å². The molecule has 7 heteroatoms. The van der Waals surface area contributed by atoms with Gasteiger partial charge in [-0.05, 0) is 47.2 Å².